The third-order valence-electron chi connectivity index (χ3n) is 5.54. The van der Waals surface area contributed by atoms with Gasteiger partial charge in [-0.15, -0.1) is 0 Å². The zero-order chi connectivity index (χ0) is 14.1. The van der Waals surface area contributed by atoms with E-state index < -0.39 is 0 Å². The number of hydrogen-bond acceptors (Lipinski definition) is 2. The Bertz CT molecular complexity index is 422. The highest BCUT2D eigenvalue weighted by Gasteiger charge is 2.38. The van der Waals surface area contributed by atoms with Gasteiger partial charge in [-0.25, -0.2) is 0 Å². The molecule has 110 valence electrons. The predicted molar refractivity (Wildman–Crippen MR) is 82.7 cm³/mol. The number of likely N-dealkylation sites (tertiary alicyclic amines) is 1. The van der Waals surface area contributed by atoms with Gasteiger partial charge in [0.15, 0.2) is 0 Å². The lowest BCUT2D eigenvalue weighted by molar-refractivity contribution is 0.0221. The molecular formula is C18H27NO. The Labute approximate surface area is 122 Å². The second-order valence-electron chi connectivity index (χ2n) is 6.96. The lowest BCUT2D eigenvalue weighted by Gasteiger charge is -2.39. The van der Waals surface area contributed by atoms with E-state index in [2.05, 4.69) is 49.1 Å². The summed E-state index contributed by atoms with van der Waals surface area (Å²) < 4.78 is 0. The topological polar surface area (TPSA) is 23.5 Å². The molecule has 3 rings (SSSR count). The van der Waals surface area contributed by atoms with E-state index in [9.17, 15) is 5.11 Å². The molecule has 0 aromatic heterocycles. The number of nitrogens with zero attached hydrogens (tertiary/aromatic N) is 1. The predicted octanol–water partition coefficient (Wildman–Crippen LogP) is 3.27. The molecule has 20 heavy (non-hydrogen) atoms. The minimum atomic E-state index is -0.132. The monoisotopic (exact) mass is 273 g/mol. The van der Waals surface area contributed by atoms with Crippen LogP contribution in [0.4, 0.5) is 0 Å². The highest BCUT2D eigenvalue weighted by atomic mass is 16.3. The Balaban J connectivity index is 1.71. The van der Waals surface area contributed by atoms with Gasteiger partial charge in [0.25, 0.3) is 0 Å². The van der Waals surface area contributed by atoms with E-state index in [0.29, 0.717) is 12.0 Å². The fraction of sp³-hybridized carbons (Fsp3) is 0.667. The minimum absolute atomic E-state index is 0.132. The largest absolute Gasteiger partial charge is 0.391 e. The molecule has 2 heteroatoms. The van der Waals surface area contributed by atoms with Gasteiger partial charge in [-0.2, -0.15) is 0 Å². The number of benzene rings is 1. The molecular weight excluding hydrogens is 246 g/mol. The van der Waals surface area contributed by atoms with E-state index in [0.717, 1.165) is 44.2 Å². The molecule has 1 heterocycles. The molecule has 2 fully saturated rings. The Morgan fingerprint density at radius 2 is 1.65 bits per heavy atom. The van der Waals surface area contributed by atoms with Crippen molar-refractivity contribution in [3.05, 3.63) is 35.9 Å². The van der Waals surface area contributed by atoms with Crippen molar-refractivity contribution in [1.82, 2.24) is 4.90 Å². The molecule has 0 bridgehead atoms. The van der Waals surface area contributed by atoms with Crippen LogP contribution in [0.3, 0.4) is 0 Å². The van der Waals surface area contributed by atoms with Crippen LogP contribution in [0.5, 0.6) is 0 Å². The first-order valence-corrected chi connectivity index (χ1v) is 8.12. The Kier molecular flexibility index (Phi) is 4.13. The molecule has 1 aliphatic carbocycles. The van der Waals surface area contributed by atoms with Gasteiger partial charge in [-0.05, 0) is 42.6 Å². The quantitative estimate of drug-likeness (QED) is 0.894. The van der Waals surface area contributed by atoms with Gasteiger partial charge < -0.3 is 5.11 Å². The first kappa shape index (κ1) is 14.1. The van der Waals surface area contributed by atoms with Crippen LogP contribution >= 0.6 is 0 Å². The molecule has 1 N–H and O–H groups in total. The maximum absolute atomic E-state index is 10.4. The van der Waals surface area contributed by atoms with Crippen molar-refractivity contribution in [3.63, 3.8) is 0 Å². The van der Waals surface area contributed by atoms with Gasteiger partial charge in [0, 0.05) is 19.1 Å². The molecule has 1 aromatic rings. The third-order valence-corrected chi connectivity index (χ3v) is 5.54. The van der Waals surface area contributed by atoms with Crippen molar-refractivity contribution < 1.29 is 5.11 Å². The Morgan fingerprint density at radius 3 is 2.30 bits per heavy atom. The van der Waals surface area contributed by atoms with Crippen molar-refractivity contribution in [2.45, 2.75) is 51.2 Å². The minimum Gasteiger partial charge on any atom is -0.391 e. The summed E-state index contributed by atoms with van der Waals surface area (Å²) >= 11 is 0. The molecule has 5 unspecified atom stereocenters. The van der Waals surface area contributed by atoms with E-state index in [4.69, 9.17) is 0 Å². The van der Waals surface area contributed by atoms with E-state index in [1.807, 2.05) is 0 Å². The number of rotatable bonds is 2. The molecule has 2 nitrogen and oxygen atoms in total. The van der Waals surface area contributed by atoms with Crippen LogP contribution in [0, 0.1) is 11.8 Å². The summed E-state index contributed by atoms with van der Waals surface area (Å²) in [4.78, 5) is 2.55. The zero-order valence-corrected chi connectivity index (χ0v) is 12.7. The lowest BCUT2D eigenvalue weighted by atomic mass is 9.79. The van der Waals surface area contributed by atoms with Gasteiger partial charge in [0.05, 0.1) is 6.10 Å². The molecule has 1 aliphatic heterocycles. The molecule has 5 atom stereocenters. The smallest absolute Gasteiger partial charge is 0.0695 e. The zero-order valence-electron chi connectivity index (χ0n) is 12.7. The van der Waals surface area contributed by atoms with Gasteiger partial charge >= 0.3 is 0 Å². The van der Waals surface area contributed by atoms with Gasteiger partial charge in [-0.3, -0.25) is 4.90 Å². The summed E-state index contributed by atoms with van der Waals surface area (Å²) in [5.74, 6) is 2.15. The molecule has 1 aromatic carbocycles. The first-order chi connectivity index (χ1) is 9.65. The molecule has 0 amide bonds. The molecule has 1 saturated heterocycles. The summed E-state index contributed by atoms with van der Waals surface area (Å²) in [6.45, 7) is 7.00. The Hall–Kier alpha value is -0.860. The van der Waals surface area contributed by atoms with Crippen LogP contribution in [0.15, 0.2) is 30.3 Å². The summed E-state index contributed by atoms with van der Waals surface area (Å²) in [5, 5.41) is 10.4. The summed E-state index contributed by atoms with van der Waals surface area (Å²) in [6, 6.07) is 11.2. The molecule has 0 radical (unpaired) electrons. The molecule has 1 saturated carbocycles. The highest BCUT2D eigenvalue weighted by Crippen LogP contribution is 2.37. The van der Waals surface area contributed by atoms with Crippen molar-refractivity contribution in [1.29, 1.82) is 0 Å². The number of hydrogen-bond donors (Lipinski definition) is 1. The van der Waals surface area contributed by atoms with E-state index >= 15 is 0 Å². The lowest BCUT2D eigenvalue weighted by Crippen LogP contribution is -2.46. The molecule has 2 aliphatic rings. The maximum Gasteiger partial charge on any atom is 0.0695 e. The van der Waals surface area contributed by atoms with Crippen molar-refractivity contribution in [2.24, 2.45) is 11.8 Å². The molecule has 0 spiro atoms. The fourth-order valence-corrected chi connectivity index (χ4v) is 4.00. The Morgan fingerprint density at radius 1 is 1.00 bits per heavy atom. The number of aliphatic hydroxyl groups excluding tert-OH is 1. The maximum atomic E-state index is 10.4. The second kappa shape index (κ2) is 5.87. The van der Waals surface area contributed by atoms with Crippen molar-refractivity contribution in [2.75, 3.05) is 13.1 Å². The van der Waals surface area contributed by atoms with Crippen LogP contribution in [-0.2, 0) is 0 Å². The normalized spacial score (nSPS) is 39.0. The van der Waals surface area contributed by atoms with Gasteiger partial charge in [0.2, 0.25) is 0 Å². The first-order valence-electron chi connectivity index (χ1n) is 8.12. The SMILES string of the molecule is CC1CN(C2CC(c3ccccc3)CCC2O)CC1C. The second-order valence-corrected chi connectivity index (χ2v) is 6.96. The third kappa shape index (κ3) is 2.77. The van der Waals surface area contributed by atoms with Crippen LogP contribution in [0.2, 0.25) is 0 Å². The van der Waals surface area contributed by atoms with E-state index in [-0.39, 0.29) is 6.10 Å². The van der Waals surface area contributed by atoms with Crippen LogP contribution < -0.4 is 0 Å². The summed E-state index contributed by atoms with van der Waals surface area (Å²) in [7, 11) is 0. The van der Waals surface area contributed by atoms with E-state index in [1.165, 1.54) is 5.56 Å². The van der Waals surface area contributed by atoms with Crippen LogP contribution in [0.25, 0.3) is 0 Å². The highest BCUT2D eigenvalue weighted by molar-refractivity contribution is 5.20. The van der Waals surface area contributed by atoms with Crippen molar-refractivity contribution in [3.8, 4) is 0 Å². The fourth-order valence-electron chi connectivity index (χ4n) is 4.00. The summed E-state index contributed by atoms with van der Waals surface area (Å²) in [6.07, 6.45) is 3.06. The van der Waals surface area contributed by atoms with Gasteiger partial charge in [-0.1, -0.05) is 44.2 Å². The average molecular weight is 273 g/mol. The average Bonchev–Trinajstić information content (AvgIpc) is 2.80. The van der Waals surface area contributed by atoms with Crippen molar-refractivity contribution >= 4 is 0 Å². The van der Waals surface area contributed by atoms with Crippen LogP contribution in [-0.4, -0.2) is 35.2 Å². The van der Waals surface area contributed by atoms with E-state index in [1.54, 1.807) is 0 Å². The van der Waals surface area contributed by atoms with Gasteiger partial charge in [0.1, 0.15) is 0 Å². The van der Waals surface area contributed by atoms with Crippen LogP contribution in [0.1, 0.15) is 44.6 Å². The number of aliphatic hydroxyl groups is 1. The summed E-state index contributed by atoms with van der Waals surface area (Å²) in [5.41, 5.74) is 1.45. The standard InChI is InChI=1S/C18H27NO/c1-13-11-19(12-14(13)2)17-10-16(8-9-18(17)20)15-6-4-3-5-7-15/h3-7,13-14,16-18,20H,8-12H2,1-2H3.